The van der Waals surface area contributed by atoms with Crippen LogP contribution in [0.4, 0.5) is 18.9 Å². The lowest BCUT2D eigenvalue weighted by molar-refractivity contribution is -0.384. The quantitative estimate of drug-likeness (QED) is 0.106. The number of nitro groups is 1. The van der Waals surface area contributed by atoms with Gasteiger partial charge in [0.1, 0.15) is 22.1 Å². The van der Waals surface area contributed by atoms with Gasteiger partial charge in [-0.1, -0.05) is 44.5 Å². The summed E-state index contributed by atoms with van der Waals surface area (Å²) >= 11 is 5.74. The lowest BCUT2D eigenvalue weighted by atomic mass is 9.87. The van der Waals surface area contributed by atoms with E-state index in [1.54, 1.807) is 12.1 Å². The summed E-state index contributed by atoms with van der Waals surface area (Å²) in [6.07, 6.45) is -5.09. The summed E-state index contributed by atoms with van der Waals surface area (Å²) in [4.78, 5) is 35.8. The van der Waals surface area contributed by atoms with Gasteiger partial charge >= 0.3 is 12.1 Å². The monoisotopic (exact) mass is 561 g/mol. The molecule has 0 spiro atoms. The number of esters is 1. The maximum atomic E-state index is 13.9. The molecule has 0 amide bonds. The van der Waals surface area contributed by atoms with E-state index in [1.165, 1.54) is 18.2 Å². The van der Waals surface area contributed by atoms with Gasteiger partial charge in [-0.2, -0.15) is 13.2 Å². The zero-order chi connectivity index (χ0) is 28.7. The molecule has 4 rings (SSSR count). The van der Waals surface area contributed by atoms with E-state index in [1.807, 2.05) is 20.8 Å². The van der Waals surface area contributed by atoms with Crippen molar-refractivity contribution in [3.8, 4) is 17.2 Å². The molecule has 0 radical (unpaired) electrons. The van der Waals surface area contributed by atoms with Gasteiger partial charge < -0.3 is 13.9 Å². The number of ether oxygens (including phenoxy) is 2. The highest BCUT2D eigenvalue weighted by atomic mass is 35.5. The Bertz CT molecular complexity index is 1660. The molecule has 0 atom stereocenters. The van der Waals surface area contributed by atoms with Crippen molar-refractivity contribution in [3.63, 3.8) is 0 Å². The third kappa shape index (κ3) is 5.88. The van der Waals surface area contributed by atoms with Crippen LogP contribution in [-0.2, 0) is 11.6 Å². The van der Waals surface area contributed by atoms with Crippen LogP contribution in [0, 0.1) is 10.1 Å². The zero-order valence-corrected chi connectivity index (χ0v) is 21.3. The third-order valence-corrected chi connectivity index (χ3v) is 5.93. The fourth-order valence-corrected chi connectivity index (χ4v) is 3.77. The molecule has 0 aliphatic carbocycles. The molecule has 0 bridgehead atoms. The van der Waals surface area contributed by atoms with Gasteiger partial charge in [-0.25, -0.2) is 4.79 Å². The predicted octanol–water partition coefficient (Wildman–Crippen LogP) is 7.68. The van der Waals surface area contributed by atoms with Gasteiger partial charge in [0, 0.05) is 12.1 Å². The highest BCUT2D eigenvalue weighted by Crippen LogP contribution is 2.39. The number of halogens is 4. The standard InChI is InChI=1S/C27H19ClF3NO7/c1-26(2,3)15-5-7-16(8-6-15)37-23-22(33)18-10-9-17(13-21(18)39-24(23)27(29,30)31)38-25(34)14-4-11-19(28)20(12-14)32(35)36/h4-13H,1-3H3. The average Bonchev–Trinajstić information content (AvgIpc) is 2.84. The maximum absolute atomic E-state index is 13.9. The van der Waals surface area contributed by atoms with Crippen LogP contribution in [0.3, 0.4) is 0 Å². The first-order valence-electron chi connectivity index (χ1n) is 11.3. The molecular formula is C27H19ClF3NO7. The lowest BCUT2D eigenvalue weighted by Gasteiger charge is -2.19. The van der Waals surface area contributed by atoms with Crippen LogP contribution in [0.5, 0.6) is 17.2 Å². The van der Waals surface area contributed by atoms with Crippen molar-refractivity contribution in [3.05, 3.63) is 103 Å². The zero-order valence-electron chi connectivity index (χ0n) is 20.6. The van der Waals surface area contributed by atoms with Crippen LogP contribution >= 0.6 is 11.6 Å². The number of nitro benzene ring substituents is 1. The predicted molar refractivity (Wildman–Crippen MR) is 136 cm³/mol. The minimum Gasteiger partial charge on any atom is -0.449 e. The van der Waals surface area contributed by atoms with Gasteiger partial charge in [0.25, 0.3) is 11.4 Å². The Kier molecular flexibility index (Phi) is 7.14. The van der Waals surface area contributed by atoms with E-state index in [0.717, 1.165) is 35.9 Å². The second kappa shape index (κ2) is 10.1. The van der Waals surface area contributed by atoms with Crippen LogP contribution in [-0.4, -0.2) is 10.9 Å². The number of alkyl halides is 3. The van der Waals surface area contributed by atoms with Crippen molar-refractivity contribution < 1.29 is 36.8 Å². The molecule has 1 heterocycles. The van der Waals surface area contributed by atoms with Gasteiger partial charge in [0.05, 0.1) is 15.9 Å². The van der Waals surface area contributed by atoms with E-state index >= 15 is 0 Å². The molecule has 0 saturated carbocycles. The van der Waals surface area contributed by atoms with Gasteiger partial charge in [0.2, 0.25) is 11.2 Å². The summed E-state index contributed by atoms with van der Waals surface area (Å²) in [5.41, 5.74) is -1.67. The van der Waals surface area contributed by atoms with Crippen molar-refractivity contribution in [2.75, 3.05) is 0 Å². The highest BCUT2D eigenvalue weighted by Gasteiger charge is 2.40. The van der Waals surface area contributed by atoms with E-state index < -0.39 is 45.3 Å². The molecule has 0 fully saturated rings. The number of rotatable bonds is 5. The summed E-state index contributed by atoms with van der Waals surface area (Å²) in [5, 5.41) is 10.6. The fraction of sp³-hybridized carbons (Fsp3) is 0.185. The Morgan fingerprint density at radius 3 is 2.21 bits per heavy atom. The normalized spacial score (nSPS) is 11.9. The van der Waals surface area contributed by atoms with E-state index in [9.17, 15) is 32.9 Å². The number of carbonyl (C=O) groups excluding carboxylic acids is 1. The highest BCUT2D eigenvalue weighted by molar-refractivity contribution is 6.32. The van der Waals surface area contributed by atoms with Crippen molar-refractivity contribution in [1.82, 2.24) is 0 Å². The molecule has 3 aromatic carbocycles. The summed E-state index contributed by atoms with van der Waals surface area (Å²) in [7, 11) is 0. The SMILES string of the molecule is CC(C)(C)c1ccc(Oc2c(C(F)(F)F)oc3cc(OC(=O)c4ccc(Cl)c([N+](=O)[O-])c4)ccc3c2=O)cc1. The molecule has 0 unspecified atom stereocenters. The molecule has 202 valence electrons. The van der Waals surface area contributed by atoms with Crippen LogP contribution in [0.2, 0.25) is 5.02 Å². The van der Waals surface area contributed by atoms with Crippen LogP contribution < -0.4 is 14.9 Å². The van der Waals surface area contributed by atoms with E-state index in [0.29, 0.717) is 0 Å². The molecular weight excluding hydrogens is 543 g/mol. The van der Waals surface area contributed by atoms with Gasteiger partial charge in [-0.3, -0.25) is 14.9 Å². The van der Waals surface area contributed by atoms with E-state index in [4.69, 9.17) is 25.5 Å². The van der Waals surface area contributed by atoms with Crippen LogP contribution in [0.25, 0.3) is 11.0 Å². The first-order chi connectivity index (χ1) is 18.1. The molecule has 4 aromatic rings. The van der Waals surface area contributed by atoms with Crippen LogP contribution in [0.1, 0.15) is 42.5 Å². The second-order valence-corrected chi connectivity index (χ2v) is 9.84. The number of nitrogens with zero attached hydrogens (tertiary/aromatic N) is 1. The summed E-state index contributed by atoms with van der Waals surface area (Å²) in [6.45, 7) is 5.90. The molecule has 0 aliphatic rings. The van der Waals surface area contributed by atoms with E-state index in [2.05, 4.69) is 0 Å². The average molecular weight is 562 g/mol. The Morgan fingerprint density at radius 1 is 0.974 bits per heavy atom. The second-order valence-electron chi connectivity index (χ2n) is 9.43. The number of benzene rings is 3. The fourth-order valence-electron chi connectivity index (χ4n) is 3.59. The molecule has 8 nitrogen and oxygen atoms in total. The molecule has 0 saturated heterocycles. The maximum Gasteiger partial charge on any atom is 0.453 e. The summed E-state index contributed by atoms with van der Waals surface area (Å²) in [6, 6.07) is 12.7. The van der Waals surface area contributed by atoms with Gasteiger partial charge in [-0.15, -0.1) is 0 Å². The summed E-state index contributed by atoms with van der Waals surface area (Å²) in [5.74, 6) is -4.03. The molecule has 39 heavy (non-hydrogen) atoms. The Hall–Kier alpha value is -4.38. The van der Waals surface area contributed by atoms with Crippen molar-refractivity contribution in [2.45, 2.75) is 32.4 Å². The smallest absolute Gasteiger partial charge is 0.449 e. The lowest BCUT2D eigenvalue weighted by Crippen LogP contribution is -2.16. The largest absolute Gasteiger partial charge is 0.453 e. The first kappa shape index (κ1) is 27.6. The van der Waals surface area contributed by atoms with Crippen molar-refractivity contribution in [1.29, 1.82) is 0 Å². The molecule has 0 aliphatic heterocycles. The van der Waals surface area contributed by atoms with Gasteiger partial charge in [0.15, 0.2) is 0 Å². The Labute approximate surface area is 223 Å². The molecule has 12 heteroatoms. The summed E-state index contributed by atoms with van der Waals surface area (Å²) < 4.78 is 57.2. The number of hydrogen-bond donors (Lipinski definition) is 0. The third-order valence-electron chi connectivity index (χ3n) is 5.61. The molecule has 1 aromatic heterocycles. The van der Waals surface area contributed by atoms with E-state index in [-0.39, 0.29) is 32.9 Å². The minimum absolute atomic E-state index is 0.00255. The first-order valence-corrected chi connectivity index (χ1v) is 11.7. The molecule has 0 N–H and O–H groups in total. The van der Waals surface area contributed by atoms with Gasteiger partial charge in [-0.05, 0) is 47.4 Å². The topological polar surface area (TPSA) is 109 Å². The Morgan fingerprint density at radius 2 is 1.62 bits per heavy atom. The number of carbonyl (C=O) groups is 1. The number of fused-ring (bicyclic) bond motifs is 1. The Balaban J connectivity index is 1.71. The number of hydrogen-bond acceptors (Lipinski definition) is 7. The minimum atomic E-state index is -5.09. The van der Waals surface area contributed by atoms with Crippen molar-refractivity contribution >= 4 is 34.2 Å². The van der Waals surface area contributed by atoms with Crippen molar-refractivity contribution in [2.24, 2.45) is 0 Å². The van der Waals surface area contributed by atoms with Crippen LogP contribution in [0.15, 0.2) is 69.9 Å².